The van der Waals surface area contributed by atoms with Gasteiger partial charge in [-0.1, -0.05) is 11.6 Å². The van der Waals surface area contributed by atoms with E-state index in [1.54, 1.807) is 12.1 Å². The summed E-state index contributed by atoms with van der Waals surface area (Å²) >= 11 is 5.95. The van der Waals surface area contributed by atoms with Crippen molar-refractivity contribution in [3.8, 4) is 0 Å². The van der Waals surface area contributed by atoms with Gasteiger partial charge in [0.15, 0.2) is 0 Å². The van der Waals surface area contributed by atoms with Crippen LogP contribution in [0.25, 0.3) is 0 Å². The van der Waals surface area contributed by atoms with Crippen LogP contribution in [0.15, 0.2) is 12.1 Å². The van der Waals surface area contributed by atoms with E-state index in [1.807, 2.05) is 13.8 Å². The predicted octanol–water partition coefficient (Wildman–Crippen LogP) is 2.16. The molecule has 0 aliphatic heterocycles. The molecule has 1 amide bonds. The molecule has 5 heteroatoms. The summed E-state index contributed by atoms with van der Waals surface area (Å²) in [5.74, 6) is -1.56. The lowest BCUT2D eigenvalue weighted by molar-refractivity contribution is -0.138. The van der Waals surface area contributed by atoms with E-state index in [2.05, 4.69) is 5.32 Å². The number of aryl methyl sites for hydroxylation is 2. The van der Waals surface area contributed by atoms with Gasteiger partial charge in [0.2, 0.25) is 0 Å². The van der Waals surface area contributed by atoms with Crippen LogP contribution in [0, 0.1) is 13.8 Å². The molecule has 0 saturated carbocycles. The van der Waals surface area contributed by atoms with Gasteiger partial charge in [-0.05, 0) is 44.0 Å². The summed E-state index contributed by atoms with van der Waals surface area (Å²) < 4.78 is 0. The Balaban J connectivity index is 2.97. The Morgan fingerprint density at radius 2 is 1.82 bits per heavy atom. The number of aliphatic carboxylic acids is 1. The molecule has 2 N–H and O–H groups in total. The van der Waals surface area contributed by atoms with Gasteiger partial charge in [0, 0.05) is 0 Å². The lowest BCUT2D eigenvalue weighted by Crippen LogP contribution is -2.38. The minimum absolute atomic E-state index is 0.294. The molecule has 0 heterocycles. The van der Waals surface area contributed by atoms with Crippen LogP contribution in [0.1, 0.15) is 28.4 Å². The molecule has 1 aromatic rings. The number of carbonyl (C=O) groups is 2. The van der Waals surface area contributed by atoms with Crippen LogP contribution >= 0.6 is 11.6 Å². The molecule has 0 saturated heterocycles. The Morgan fingerprint density at radius 3 is 2.35 bits per heavy atom. The molecule has 0 unspecified atom stereocenters. The van der Waals surface area contributed by atoms with Crippen LogP contribution in [0.2, 0.25) is 5.02 Å². The zero-order valence-electron chi connectivity index (χ0n) is 9.87. The van der Waals surface area contributed by atoms with Gasteiger partial charge in [0.1, 0.15) is 6.04 Å². The second-order valence-corrected chi connectivity index (χ2v) is 4.36. The first kappa shape index (κ1) is 13.5. The quantitative estimate of drug-likeness (QED) is 0.870. The molecule has 0 radical (unpaired) electrons. The number of halogens is 1. The van der Waals surface area contributed by atoms with Crippen LogP contribution < -0.4 is 5.32 Å². The minimum Gasteiger partial charge on any atom is -0.480 e. The monoisotopic (exact) mass is 255 g/mol. The van der Waals surface area contributed by atoms with Crippen LogP contribution in [0.5, 0.6) is 0 Å². The number of carbonyl (C=O) groups excluding carboxylic acids is 1. The molecule has 0 fully saturated rings. The fourth-order valence-electron chi connectivity index (χ4n) is 1.29. The topological polar surface area (TPSA) is 66.4 Å². The molecule has 17 heavy (non-hydrogen) atoms. The summed E-state index contributed by atoms with van der Waals surface area (Å²) in [5.41, 5.74) is 2.21. The SMILES string of the molecule is Cc1cc(Cl)c(C(=O)N[C@H](C)C(=O)O)cc1C. The van der Waals surface area contributed by atoms with E-state index < -0.39 is 17.9 Å². The molecular formula is C12H14ClNO3. The van der Waals surface area contributed by atoms with Crippen molar-refractivity contribution in [2.75, 3.05) is 0 Å². The zero-order valence-corrected chi connectivity index (χ0v) is 10.6. The molecular weight excluding hydrogens is 242 g/mol. The average molecular weight is 256 g/mol. The number of hydrogen-bond donors (Lipinski definition) is 2. The van der Waals surface area contributed by atoms with Crippen molar-refractivity contribution >= 4 is 23.5 Å². The molecule has 0 bridgehead atoms. The summed E-state index contributed by atoms with van der Waals surface area (Å²) in [4.78, 5) is 22.4. The smallest absolute Gasteiger partial charge is 0.325 e. The molecule has 0 spiro atoms. The third kappa shape index (κ3) is 3.20. The minimum atomic E-state index is -1.08. The number of hydrogen-bond acceptors (Lipinski definition) is 2. The van der Waals surface area contributed by atoms with E-state index in [-0.39, 0.29) is 0 Å². The van der Waals surface area contributed by atoms with Crippen molar-refractivity contribution in [3.63, 3.8) is 0 Å². The number of amides is 1. The third-order valence-corrected chi connectivity index (χ3v) is 2.86. The van der Waals surface area contributed by atoms with E-state index in [4.69, 9.17) is 16.7 Å². The lowest BCUT2D eigenvalue weighted by Gasteiger charge is -2.11. The molecule has 0 aliphatic carbocycles. The Labute approximate surface area is 105 Å². The van der Waals surface area contributed by atoms with E-state index >= 15 is 0 Å². The summed E-state index contributed by atoms with van der Waals surface area (Å²) in [7, 11) is 0. The lowest BCUT2D eigenvalue weighted by atomic mass is 10.1. The fraction of sp³-hybridized carbons (Fsp3) is 0.333. The van der Waals surface area contributed by atoms with Crippen molar-refractivity contribution < 1.29 is 14.7 Å². The fourth-order valence-corrected chi connectivity index (χ4v) is 1.60. The first-order valence-corrected chi connectivity index (χ1v) is 5.51. The summed E-state index contributed by atoms with van der Waals surface area (Å²) in [6.45, 7) is 5.15. The van der Waals surface area contributed by atoms with Gasteiger partial charge in [-0.25, -0.2) is 0 Å². The van der Waals surface area contributed by atoms with Gasteiger partial charge >= 0.3 is 5.97 Å². The van der Waals surface area contributed by atoms with Gasteiger partial charge in [-0.15, -0.1) is 0 Å². The molecule has 1 aromatic carbocycles. The Bertz CT molecular complexity index is 471. The molecule has 0 aliphatic rings. The molecule has 0 aromatic heterocycles. The van der Waals surface area contributed by atoms with Gasteiger partial charge in [-0.3, -0.25) is 9.59 Å². The van der Waals surface area contributed by atoms with E-state index in [9.17, 15) is 9.59 Å². The van der Waals surface area contributed by atoms with Gasteiger partial charge in [0.25, 0.3) is 5.91 Å². The van der Waals surface area contributed by atoms with Crippen molar-refractivity contribution in [2.45, 2.75) is 26.8 Å². The Kier molecular flexibility index (Phi) is 4.12. The van der Waals surface area contributed by atoms with Crippen molar-refractivity contribution in [3.05, 3.63) is 33.8 Å². The van der Waals surface area contributed by atoms with Gasteiger partial charge in [0.05, 0.1) is 10.6 Å². The highest BCUT2D eigenvalue weighted by Crippen LogP contribution is 2.20. The Morgan fingerprint density at radius 1 is 1.29 bits per heavy atom. The highest BCUT2D eigenvalue weighted by atomic mass is 35.5. The summed E-state index contributed by atoms with van der Waals surface area (Å²) in [6, 6.07) is 2.40. The average Bonchev–Trinajstić information content (AvgIpc) is 2.22. The predicted molar refractivity (Wildman–Crippen MR) is 65.5 cm³/mol. The van der Waals surface area contributed by atoms with Crippen molar-refractivity contribution in [1.29, 1.82) is 0 Å². The van der Waals surface area contributed by atoms with Gasteiger partial charge in [-0.2, -0.15) is 0 Å². The molecule has 4 nitrogen and oxygen atoms in total. The van der Waals surface area contributed by atoms with E-state index in [0.29, 0.717) is 10.6 Å². The maximum atomic E-state index is 11.8. The number of nitrogens with one attached hydrogen (secondary N) is 1. The van der Waals surface area contributed by atoms with Crippen molar-refractivity contribution in [2.24, 2.45) is 0 Å². The largest absolute Gasteiger partial charge is 0.480 e. The Hall–Kier alpha value is -1.55. The first-order valence-electron chi connectivity index (χ1n) is 5.13. The first-order chi connectivity index (χ1) is 7.82. The highest BCUT2D eigenvalue weighted by Gasteiger charge is 2.17. The van der Waals surface area contributed by atoms with Crippen LogP contribution in [-0.4, -0.2) is 23.0 Å². The highest BCUT2D eigenvalue weighted by molar-refractivity contribution is 6.34. The van der Waals surface area contributed by atoms with Crippen LogP contribution in [-0.2, 0) is 4.79 Å². The second kappa shape index (κ2) is 5.19. The standard InChI is InChI=1S/C12H14ClNO3/c1-6-4-9(10(13)5-7(6)2)11(15)14-8(3)12(16)17/h4-5,8H,1-3H3,(H,14,15)(H,16,17)/t8-/m1/s1. The number of benzene rings is 1. The maximum Gasteiger partial charge on any atom is 0.325 e. The zero-order chi connectivity index (χ0) is 13.2. The molecule has 1 atom stereocenters. The number of rotatable bonds is 3. The normalized spacial score (nSPS) is 12.0. The van der Waals surface area contributed by atoms with Gasteiger partial charge < -0.3 is 10.4 Å². The summed E-state index contributed by atoms with van der Waals surface area (Å²) in [6.07, 6.45) is 0. The molecule has 1 rings (SSSR count). The molecule has 92 valence electrons. The van der Waals surface area contributed by atoms with Crippen LogP contribution in [0.3, 0.4) is 0 Å². The van der Waals surface area contributed by atoms with E-state index in [1.165, 1.54) is 6.92 Å². The number of carboxylic acids is 1. The second-order valence-electron chi connectivity index (χ2n) is 3.95. The van der Waals surface area contributed by atoms with E-state index in [0.717, 1.165) is 11.1 Å². The summed E-state index contributed by atoms with van der Waals surface area (Å²) in [5, 5.41) is 11.4. The maximum absolute atomic E-state index is 11.8. The third-order valence-electron chi connectivity index (χ3n) is 2.55. The van der Waals surface area contributed by atoms with Crippen LogP contribution in [0.4, 0.5) is 0 Å². The van der Waals surface area contributed by atoms with Crippen molar-refractivity contribution in [1.82, 2.24) is 5.32 Å². The number of carboxylic acid groups (broad SMARTS) is 1.